The van der Waals surface area contributed by atoms with Crippen LogP contribution in [0.2, 0.25) is 0 Å². The van der Waals surface area contributed by atoms with Crippen LogP contribution < -0.4 is 0 Å². The second-order valence-corrected chi connectivity index (χ2v) is 5.09. The molecule has 0 saturated carbocycles. The fraction of sp³-hybridized carbons (Fsp3) is 0. The van der Waals surface area contributed by atoms with Gasteiger partial charge in [0.2, 0.25) is 0 Å². The van der Waals surface area contributed by atoms with Crippen LogP contribution >= 0.6 is 0 Å². The normalized spacial score (nSPS) is 9.00. The summed E-state index contributed by atoms with van der Waals surface area (Å²) in [6, 6.07) is 12.2. The number of rotatable bonds is 6. The van der Waals surface area contributed by atoms with Gasteiger partial charge in [-0.2, -0.15) is 0 Å². The Kier molecular flexibility index (Phi) is 7.73. The topological polar surface area (TPSA) is 0 Å². The molecule has 0 aliphatic carbocycles. The predicted molar refractivity (Wildman–Crippen MR) is 113 cm³/mol. The van der Waals surface area contributed by atoms with E-state index in [4.69, 9.17) is 0 Å². The minimum absolute atomic E-state index is 1.10. The molecule has 0 heteroatoms. The molecule has 0 saturated heterocycles. The zero-order valence-electron chi connectivity index (χ0n) is 14.2. The summed E-state index contributed by atoms with van der Waals surface area (Å²) in [5.74, 6) is 0. The van der Waals surface area contributed by atoms with Gasteiger partial charge in [0.25, 0.3) is 0 Å². The third kappa shape index (κ3) is 5.58. The smallest absolute Gasteiger partial charge is 0.0251 e. The van der Waals surface area contributed by atoms with Crippen LogP contribution in [-0.4, -0.2) is 0 Å². The van der Waals surface area contributed by atoms with Crippen molar-refractivity contribution in [2.24, 2.45) is 0 Å². The molecule has 0 amide bonds. The highest BCUT2D eigenvalue weighted by Gasteiger charge is 1.93. The van der Waals surface area contributed by atoms with Crippen LogP contribution in [0.4, 0.5) is 0 Å². The molecule has 0 fully saturated rings. The van der Waals surface area contributed by atoms with Gasteiger partial charge in [0.1, 0.15) is 0 Å². The first-order valence-electron chi connectivity index (χ1n) is 7.65. The molecular weight excluding hydrogens is 288 g/mol. The number of hydrogen-bond acceptors (Lipinski definition) is 0. The van der Waals surface area contributed by atoms with Crippen molar-refractivity contribution in [3.63, 3.8) is 0 Å². The molecule has 2 aromatic carbocycles. The molecule has 0 bridgehead atoms. The van der Waals surface area contributed by atoms with E-state index in [1.807, 2.05) is 72.9 Å². The largest absolute Gasteiger partial charge is 0.0985 e. The molecule has 0 heterocycles. The van der Waals surface area contributed by atoms with Crippen molar-refractivity contribution < 1.29 is 0 Å². The lowest BCUT2D eigenvalue weighted by Crippen LogP contribution is -1.79. The molecule has 0 aliphatic rings. The van der Waals surface area contributed by atoms with Gasteiger partial charge in [0, 0.05) is 0 Å². The van der Waals surface area contributed by atoms with Crippen LogP contribution in [0.5, 0.6) is 0 Å². The highest BCUT2D eigenvalue weighted by molar-refractivity contribution is 5.63. The third-order valence-corrected chi connectivity index (χ3v) is 3.41. The van der Waals surface area contributed by atoms with E-state index >= 15 is 0 Å². The minimum Gasteiger partial charge on any atom is -0.0985 e. The summed E-state index contributed by atoms with van der Waals surface area (Å²) in [5, 5.41) is 0. The maximum absolute atomic E-state index is 3.71. The first-order chi connectivity index (χ1) is 11.6. The van der Waals surface area contributed by atoms with E-state index in [-0.39, 0.29) is 0 Å². The van der Waals surface area contributed by atoms with Crippen LogP contribution in [-0.2, 0) is 0 Å². The SMILES string of the molecule is C=Cc1cc(C=C)cc(C=C)c1.C=Cc1cc(C=C)cc(C=C)c1. The Morgan fingerprint density at radius 2 is 0.458 bits per heavy atom. The fourth-order valence-electron chi connectivity index (χ4n) is 2.11. The maximum Gasteiger partial charge on any atom is -0.0251 e. The molecule has 2 rings (SSSR count). The third-order valence-electron chi connectivity index (χ3n) is 3.41. The van der Waals surface area contributed by atoms with E-state index in [0.717, 1.165) is 33.4 Å². The Morgan fingerprint density at radius 1 is 0.333 bits per heavy atom. The Morgan fingerprint density at radius 3 is 0.542 bits per heavy atom. The van der Waals surface area contributed by atoms with Gasteiger partial charge in [-0.25, -0.2) is 0 Å². The summed E-state index contributed by atoms with van der Waals surface area (Å²) in [4.78, 5) is 0. The summed E-state index contributed by atoms with van der Waals surface area (Å²) < 4.78 is 0. The molecule has 2 aromatic rings. The van der Waals surface area contributed by atoms with Gasteiger partial charge >= 0.3 is 0 Å². The summed E-state index contributed by atoms with van der Waals surface area (Å²) >= 11 is 0. The van der Waals surface area contributed by atoms with Gasteiger partial charge in [-0.15, -0.1) is 0 Å². The lowest BCUT2D eigenvalue weighted by atomic mass is 10.1. The summed E-state index contributed by atoms with van der Waals surface area (Å²) in [6.45, 7) is 22.3. The van der Waals surface area contributed by atoms with Crippen LogP contribution in [0.3, 0.4) is 0 Å². The van der Waals surface area contributed by atoms with Gasteiger partial charge in [-0.05, 0) is 69.8 Å². The van der Waals surface area contributed by atoms with Crippen molar-refractivity contribution in [2.75, 3.05) is 0 Å². The maximum atomic E-state index is 3.71. The number of benzene rings is 2. The van der Waals surface area contributed by atoms with E-state index < -0.39 is 0 Å². The number of hydrogen-bond donors (Lipinski definition) is 0. The molecular formula is C24H24. The van der Waals surface area contributed by atoms with Crippen LogP contribution in [0, 0.1) is 0 Å². The molecule has 0 N–H and O–H groups in total. The molecule has 0 nitrogen and oxygen atoms in total. The van der Waals surface area contributed by atoms with Crippen LogP contribution in [0.25, 0.3) is 36.5 Å². The van der Waals surface area contributed by atoms with Crippen molar-refractivity contribution in [2.45, 2.75) is 0 Å². The van der Waals surface area contributed by atoms with Crippen LogP contribution in [0.15, 0.2) is 75.9 Å². The van der Waals surface area contributed by atoms with E-state index in [0.29, 0.717) is 0 Å². The second-order valence-electron chi connectivity index (χ2n) is 5.09. The Hall–Kier alpha value is -3.12. The van der Waals surface area contributed by atoms with Crippen molar-refractivity contribution in [3.05, 3.63) is 109 Å². The van der Waals surface area contributed by atoms with Crippen LogP contribution in [0.1, 0.15) is 33.4 Å². The molecule has 0 spiro atoms. The molecule has 24 heavy (non-hydrogen) atoms. The lowest BCUT2D eigenvalue weighted by Gasteiger charge is -1.99. The second kappa shape index (κ2) is 9.81. The average Bonchev–Trinajstić information content (AvgIpc) is 2.67. The van der Waals surface area contributed by atoms with Gasteiger partial charge < -0.3 is 0 Å². The molecule has 0 atom stereocenters. The Bertz CT molecular complexity index is 576. The van der Waals surface area contributed by atoms with E-state index in [1.54, 1.807) is 0 Å². The van der Waals surface area contributed by atoms with Crippen molar-refractivity contribution >= 4 is 36.5 Å². The summed E-state index contributed by atoms with van der Waals surface area (Å²) in [7, 11) is 0. The standard InChI is InChI=1S/2C12H12/c2*1-4-10-7-11(5-2)9-12(6-3)8-10/h2*4-9H,1-3H2. The zero-order valence-corrected chi connectivity index (χ0v) is 14.2. The molecule has 0 aromatic heterocycles. The minimum atomic E-state index is 1.10. The van der Waals surface area contributed by atoms with Crippen molar-refractivity contribution in [1.82, 2.24) is 0 Å². The van der Waals surface area contributed by atoms with E-state index in [2.05, 4.69) is 39.5 Å². The average molecular weight is 312 g/mol. The molecule has 0 aliphatic heterocycles. The van der Waals surface area contributed by atoms with Crippen molar-refractivity contribution in [3.8, 4) is 0 Å². The van der Waals surface area contributed by atoms with Gasteiger partial charge in [-0.1, -0.05) is 75.9 Å². The van der Waals surface area contributed by atoms with E-state index in [1.165, 1.54) is 0 Å². The molecule has 0 unspecified atom stereocenters. The van der Waals surface area contributed by atoms with Gasteiger partial charge in [-0.3, -0.25) is 0 Å². The monoisotopic (exact) mass is 312 g/mol. The van der Waals surface area contributed by atoms with E-state index in [9.17, 15) is 0 Å². The van der Waals surface area contributed by atoms with Gasteiger partial charge in [0.05, 0.1) is 0 Å². The fourth-order valence-corrected chi connectivity index (χ4v) is 2.11. The molecule has 0 radical (unpaired) electrons. The van der Waals surface area contributed by atoms with Gasteiger partial charge in [0.15, 0.2) is 0 Å². The molecule has 120 valence electrons. The predicted octanol–water partition coefficient (Wildman–Crippen LogP) is 7.23. The zero-order chi connectivity index (χ0) is 17.9. The van der Waals surface area contributed by atoms with Crippen molar-refractivity contribution in [1.29, 1.82) is 0 Å². The first-order valence-corrected chi connectivity index (χ1v) is 7.65. The quantitative estimate of drug-likeness (QED) is 0.527. The highest BCUT2D eigenvalue weighted by atomic mass is 14.0. The highest BCUT2D eigenvalue weighted by Crippen LogP contribution is 2.14. The first kappa shape index (κ1) is 18.9. The Labute approximate surface area is 146 Å². The lowest BCUT2D eigenvalue weighted by molar-refractivity contribution is 1.59. The summed E-state index contributed by atoms with van der Waals surface area (Å²) in [5.41, 5.74) is 6.60. The summed E-state index contributed by atoms with van der Waals surface area (Å²) in [6.07, 6.45) is 10.9. The Balaban J connectivity index is 0.000000240.